The van der Waals surface area contributed by atoms with Gasteiger partial charge < -0.3 is 24.7 Å². The molecule has 1 aromatic carbocycles. The molecule has 0 aliphatic carbocycles. The van der Waals surface area contributed by atoms with Gasteiger partial charge in [0.25, 0.3) is 0 Å². The lowest BCUT2D eigenvalue weighted by Crippen LogP contribution is -2.48. The molecule has 220 valence electrons. The highest BCUT2D eigenvalue weighted by molar-refractivity contribution is 5.85. The zero-order valence-corrected chi connectivity index (χ0v) is 24.9. The van der Waals surface area contributed by atoms with Crippen LogP contribution in [0.1, 0.15) is 58.7 Å². The minimum Gasteiger partial charge on any atom is -0.427 e. The van der Waals surface area contributed by atoms with Gasteiger partial charge in [0, 0.05) is 32.7 Å². The van der Waals surface area contributed by atoms with Gasteiger partial charge in [0.05, 0.1) is 18.8 Å². The van der Waals surface area contributed by atoms with Gasteiger partial charge >= 0.3 is 6.16 Å². The van der Waals surface area contributed by atoms with Crippen LogP contribution in [-0.2, 0) is 22.5 Å². The van der Waals surface area contributed by atoms with Crippen LogP contribution in [0.5, 0.6) is 0 Å². The van der Waals surface area contributed by atoms with Crippen LogP contribution in [0.2, 0.25) is 0 Å². The molecule has 3 aromatic rings. The van der Waals surface area contributed by atoms with Crippen LogP contribution in [0.3, 0.4) is 0 Å². The molecule has 0 atom stereocenters. The third-order valence-electron chi connectivity index (χ3n) is 7.00. The predicted octanol–water partition coefficient (Wildman–Crippen LogP) is 4.82. The summed E-state index contributed by atoms with van der Waals surface area (Å²) in [5.74, 6) is 2.66. The molecular weight excluding hydrogens is 520 g/mol. The Hall–Kier alpha value is -3.73. The first-order chi connectivity index (χ1) is 19.6. The highest BCUT2D eigenvalue weighted by Crippen LogP contribution is 2.30. The van der Waals surface area contributed by atoms with Gasteiger partial charge in [0.2, 0.25) is 5.95 Å². The molecule has 2 aliphatic heterocycles. The average Bonchev–Trinajstić information content (AvgIpc) is 3.46. The molecule has 41 heavy (non-hydrogen) atoms. The monoisotopic (exact) mass is 562 g/mol. The van der Waals surface area contributed by atoms with Crippen molar-refractivity contribution in [3.63, 3.8) is 0 Å². The number of hydroxylamine groups is 2. The molecule has 0 radical (unpaired) electrons. The smallest absolute Gasteiger partial charge is 0.427 e. The molecule has 1 N–H and O–H groups in total. The summed E-state index contributed by atoms with van der Waals surface area (Å²) in [6, 6.07) is 10.3. The summed E-state index contributed by atoms with van der Waals surface area (Å²) in [5, 5.41) is 5.16. The number of carbonyl (C=O) groups excluding carboxylic acids is 1. The Morgan fingerprint density at radius 3 is 2.29 bits per heavy atom. The Balaban J connectivity index is 1.42. The van der Waals surface area contributed by atoms with E-state index in [0.717, 1.165) is 55.2 Å². The molecule has 0 bridgehead atoms. The van der Waals surface area contributed by atoms with Crippen LogP contribution in [-0.4, -0.2) is 76.0 Å². The second-order valence-electron chi connectivity index (χ2n) is 12.1. The van der Waals surface area contributed by atoms with E-state index in [1.54, 1.807) is 5.06 Å². The van der Waals surface area contributed by atoms with Crippen LogP contribution >= 0.6 is 0 Å². The normalized spacial score (nSPS) is 16.4. The van der Waals surface area contributed by atoms with Gasteiger partial charge in [-0.3, -0.25) is 0 Å². The molecule has 2 fully saturated rings. The van der Waals surface area contributed by atoms with Crippen molar-refractivity contribution in [1.29, 1.82) is 0 Å². The maximum absolute atomic E-state index is 12.1. The summed E-state index contributed by atoms with van der Waals surface area (Å²) < 4.78 is 5.30. The van der Waals surface area contributed by atoms with Crippen molar-refractivity contribution in [3.8, 4) is 0 Å². The zero-order valence-electron chi connectivity index (χ0n) is 24.9. The average molecular weight is 563 g/mol. The maximum atomic E-state index is 12.1. The van der Waals surface area contributed by atoms with E-state index in [9.17, 15) is 4.79 Å². The quantitative estimate of drug-likeness (QED) is 0.382. The van der Waals surface area contributed by atoms with Gasteiger partial charge in [-0.25, -0.2) is 14.8 Å². The van der Waals surface area contributed by atoms with Crippen molar-refractivity contribution < 1.29 is 14.4 Å². The van der Waals surface area contributed by atoms with Crippen molar-refractivity contribution in [2.24, 2.45) is 5.92 Å². The van der Waals surface area contributed by atoms with Gasteiger partial charge in [-0.05, 0) is 51.5 Å². The number of hydrogen-bond acceptors (Lipinski definition) is 11. The number of carbonyl (C=O) groups is 1. The number of anilines is 3. The van der Waals surface area contributed by atoms with Gasteiger partial charge in [-0.15, -0.1) is 5.06 Å². The van der Waals surface area contributed by atoms with E-state index in [1.807, 2.05) is 39.0 Å². The van der Waals surface area contributed by atoms with Gasteiger partial charge in [-0.1, -0.05) is 44.2 Å². The van der Waals surface area contributed by atoms with Crippen LogP contribution in [0.15, 0.2) is 30.3 Å². The van der Waals surface area contributed by atoms with Crippen LogP contribution in [0, 0.1) is 5.92 Å². The molecule has 2 aliphatic rings. The summed E-state index contributed by atoms with van der Waals surface area (Å²) in [6.45, 7) is 14.6. The number of piperazine rings is 1. The van der Waals surface area contributed by atoms with Crippen molar-refractivity contribution >= 4 is 34.9 Å². The van der Waals surface area contributed by atoms with Gasteiger partial charge in [-0.2, -0.15) is 9.97 Å². The number of aromatic nitrogens is 4. The van der Waals surface area contributed by atoms with E-state index in [0.29, 0.717) is 50.2 Å². The summed E-state index contributed by atoms with van der Waals surface area (Å²) in [4.78, 5) is 42.1. The molecule has 2 saturated heterocycles. The minimum absolute atomic E-state index is 0.425. The highest BCUT2D eigenvalue weighted by atomic mass is 16.8. The molecule has 0 spiro atoms. The van der Waals surface area contributed by atoms with Crippen LogP contribution in [0.25, 0.3) is 11.2 Å². The van der Waals surface area contributed by atoms with E-state index in [2.05, 4.69) is 41.1 Å². The zero-order chi connectivity index (χ0) is 29.0. The third-order valence-corrected chi connectivity index (χ3v) is 7.00. The van der Waals surface area contributed by atoms with Crippen molar-refractivity contribution in [2.75, 3.05) is 54.4 Å². The third kappa shape index (κ3) is 7.52. The number of benzene rings is 1. The molecule has 11 nitrogen and oxygen atoms in total. The molecule has 5 rings (SSSR count). The molecule has 2 aromatic heterocycles. The van der Waals surface area contributed by atoms with Crippen LogP contribution in [0.4, 0.5) is 22.4 Å². The van der Waals surface area contributed by atoms with E-state index >= 15 is 0 Å². The van der Waals surface area contributed by atoms with Crippen LogP contribution < -0.4 is 15.1 Å². The van der Waals surface area contributed by atoms with Crippen molar-refractivity contribution in [1.82, 2.24) is 25.0 Å². The molecular formula is C30H42N8O3. The first kappa shape index (κ1) is 28.8. The predicted molar refractivity (Wildman–Crippen MR) is 160 cm³/mol. The lowest BCUT2D eigenvalue weighted by molar-refractivity contribution is -0.144. The molecule has 0 unspecified atom stereocenters. The molecule has 0 amide bonds. The van der Waals surface area contributed by atoms with E-state index in [4.69, 9.17) is 29.5 Å². The van der Waals surface area contributed by atoms with Gasteiger partial charge in [0.1, 0.15) is 5.60 Å². The molecule has 11 heteroatoms. The fraction of sp³-hybridized carbons (Fsp3) is 0.567. The Morgan fingerprint density at radius 2 is 1.63 bits per heavy atom. The number of nitrogens with zero attached hydrogens (tertiary/aromatic N) is 7. The number of ether oxygens (including phenoxy) is 1. The topological polar surface area (TPSA) is 109 Å². The Labute approximate surface area is 242 Å². The molecule has 4 heterocycles. The Morgan fingerprint density at radius 1 is 0.927 bits per heavy atom. The van der Waals surface area contributed by atoms with E-state index < -0.39 is 11.8 Å². The minimum atomic E-state index is -0.688. The first-order valence-electron chi connectivity index (χ1n) is 14.7. The lowest BCUT2D eigenvalue weighted by Gasteiger charge is -2.34. The highest BCUT2D eigenvalue weighted by Gasteiger charge is 2.28. The SMILES string of the molecule is CC(C)Cc1nc2c(N3CCCC3)nc(N3CCN(OC(=O)OC(C)(C)C)CC3)nc2nc1NCc1ccccc1. The lowest BCUT2D eigenvalue weighted by atomic mass is 10.1. The summed E-state index contributed by atoms with van der Waals surface area (Å²) in [5.41, 5.74) is 2.86. The number of rotatable bonds is 8. The van der Waals surface area contributed by atoms with Crippen molar-refractivity contribution in [3.05, 3.63) is 41.6 Å². The largest absolute Gasteiger partial charge is 0.528 e. The Kier molecular flexibility index (Phi) is 8.72. The second-order valence-corrected chi connectivity index (χ2v) is 12.1. The number of hydrogen-bond donors (Lipinski definition) is 1. The summed E-state index contributed by atoms with van der Waals surface area (Å²) in [7, 11) is 0. The fourth-order valence-electron chi connectivity index (χ4n) is 5.05. The second kappa shape index (κ2) is 12.4. The number of nitrogens with one attached hydrogen (secondary N) is 1. The van der Waals surface area contributed by atoms with Crippen molar-refractivity contribution in [2.45, 2.75) is 66.0 Å². The fourth-order valence-corrected chi connectivity index (χ4v) is 5.05. The summed E-state index contributed by atoms with van der Waals surface area (Å²) >= 11 is 0. The number of fused-ring (bicyclic) bond motifs is 1. The standard InChI is InChI=1S/C30H42N8O3/c1-21(2)19-23-25(31-20-22-11-7-6-8-12-22)33-26-24(32-23)27(36-13-9-10-14-36)35-28(34-26)37-15-17-38(18-16-37)41-29(39)40-30(3,4)5/h6-8,11-12,21H,9-10,13-20H2,1-5H3,(H,31,33,34,35). The first-order valence-corrected chi connectivity index (χ1v) is 14.7. The molecule has 0 saturated carbocycles. The Bertz CT molecular complexity index is 1330. The van der Waals surface area contributed by atoms with Gasteiger partial charge in [0.15, 0.2) is 22.8 Å². The van der Waals surface area contributed by atoms with E-state index in [1.165, 1.54) is 5.56 Å². The summed E-state index contributed by atoms with van der Waals surface area (Å²) in [6.07, 6.45) is 2.38. The maximum Gasteiger partial charge on any atom is 0.528 e. The van der Waals surface area contributed by atoms with E-state index in [-0.39, 0.29) is 0 Å².